The van der Waals surface area contributed by atoms with E-state index >= 15 is 0 Å². The van der Waals surface area contributed by atoms with Crippen LogP contribution in [0.25, 0.3) is 0 Å². The van der Waals surface area contributed by atoms with Gasteiger partial charge in [0.15, 0.2) is 0 Å². The summed E-state index contributed by atoms with van der Waals surface area (Å²) in [6.45, 7) is 5.77. The highest BCUT2D eigenvalue weighted by Gasteiger charge is 2.41. The maximum absolute atomic E-state index is 13.4. The first kappa shape index (κ1) is 21.1. The lowest BCUT2D eigenvalue weighted by Crippen LogP contribution is -2.33. The predicted octanol–water partition coefficient (Wildman–Crippen LogP) is 3.48. The lowest BCUT2D eigenvalue weighted by atomic mass is 10.0. The molecule has 9 nitrogen and oxygen atoms in total. The van der Waals surface area contributed by atoms with Crippen LogP contribution in [0.1, 0.15) is 67.2 Å². The topological polar surface area (TPSA) is 116 Å². The minimum Gasteiger partial charge on any atom is -0.456 e. The van der Waals surface area contributed by atoms with E-state index in [1.54, 1.807) is 26.8 Å². The number of rotatable bonds is 3. The third-order valence-corrected chi connectivity index (χ3v) is 6.17. The molecule has 2 aliphatic rings. The number of ether oxygens (including phenoxy) is 2. The number of carbonyl (C=O) groups excluding carboxylic acids is 3. The third kappa shape index (κ3) is 3.72. The Labute approximate surface area is 181 Å². The largest absolute Gasteiger partial charge is 0.456 e. The Morgan fingerprint density at radius 1 is 1.29 bits per heavy atom. The quantitative estimate of drug-likeness (QED) is 0.308. The molecule has 2 aliphatic heterocycles. The average molecular weight is 444 g/mol. The van der Waals surface area contributed by atoms with Gasteiger partial charge in [0.05, 0.1) is 30.2 Å². The molecular formula is C21H20N2O7S. The molecule has 1 aromatic carbocycles. The van der Waals surface area contributed by atoms with Crippen molar-refractivity contribution in [3.63, 3.8) is 0 Å². The normalized spacial score (nSPS) is 15.5. The van der Waals surface area contributed by atoms with Crippen molar-refractivity contribution in [3.8, 4) is 0 Å². The molecule has 0 unspecified atom stereocenters. The fourth-order valence-corrected chi connectivity index (χ4v) is 4.93. The molecule has 0 bridgehead atoms. The van der Waals surface area contributed by atoms with Gasteiger partial charge in [0, 0.05) is 10.9 Å². The molecule has 2 aromatic rings. The second kappa shape index (κ2) is 7.54. The van der Waals surface area contributed by atoms with Crippen LogP contribution >= 0.6 is 11.3 Å². The molecule has 0 aliphatic carbocycles. The molecule has 162 valence electrons. The fraction of sp³-hybridized carbons (Fsp3) is 0.381. The third-order valence-electron chi connectivity index (χ3n) is 4.98. The number of hydrogen-bond acceptors (Lipinski definition) is 8. The molecule has 0 radical (unpaired) electrons. The maximum Gasteiger partial charge on any atom is 0.340 e. The van der Waals surface area contributed by atoms with Crippen LogP contribution in [-0.4, -0.2) is 39.8 Å². The van der Waals surface area contributed by atoms with Gasteiger partial charge in [-0.25, -0.2) is 4.79 Å². The number of amides is 2. The lowest BCUT2D eigenvalue weighted by molar-refractivity contribution is -0.385. The van der Waals surface area contributed by atoms with Crippen LogP contribution in [-0.2, 0) is 29.0 Å². The van der Waals surface area contributed by atoms with Gasteiger partial charge >= 0.3 is 5.97 Å². The Hall–Kier alpha value is -3.11. The van der Waals surface area contributed by atoms with Gasteiger partial charge in [-0.05, 0) is 38.3 Å². The van der Waals surface area contributed by atoms with Crippen molar-refractivity contribution >= 4 is 34.8 Å². The smallest absolute Gasteiger partial charge is 0.340 e. The predicted molar refractivity (Wildman–Crippen MR) is 110 cm³/mol. The van der Waals surface area contributed by atoms with Crippen LogP contribution in [0.3, 0.4) is 0 Å². The maximum atomic E-state index is 13.4. The van der Waals surface area contributed by atoms with Gasteiger partial charge in [0.2, 0.25) is 0 Å². The number of carbonyl (C=O) groups is 3. The van der Waals surface area contributed by atoms with E-state index in [2.05, 4.69) is 0 Å². The monoisotopic (exact) mass is 444 g/mol. The van der Waals surface area contributed by atoms with Crippen LogP contribution in [0.5, 0.6) is 0 Å². The van der Waals surface area contributed by atoms with Crippen LogP contribution in [0.2, 0.25) is 0 Å². The highest BCUT2D eigenvalue weighted by Crippen LogP contribution is 2.37. The zero-order valence-electron chi connectivity index (χ0n) is 17.2. The molecule has 3 heterocycles. The molecule has 0 fully saturated rings. The van der Waals surface area contributed by atoms with E-state index in [0.29, 0.717) is 24.2 Å². The second-order valence-electron chi connectivity index (χ2n) is 8.28. The van der Waals surface area contributed by atoms with Crippen molar-refractivity contribution < 1.29 is 28.8 Å². The molecule has 0 atom stereocenters. The van der Waals surface area contributed by atoms with Crippen molar-refractivity contribution in [3.05, 3.63) is 60.3 Å². The zero-order chi connectivity index (χ0) is 22.5. The number of nitrogens with zero attached hydrogens (tertiary/aromatic N) is 2. The lowest BCUT2D eigenvalue weighted by Gasteiger charge is -2.21. The molecule has 31 heavy (non-hydrogen) atoms. The number of hydrogen-bond donors (Lipinski definition) is 0. The van der Waals surface area contributed by atoms with Crippen molar-refractivity contribution in [2.24, 2.45) is 0 Å². The Bertz CT molecular complexity index is 1130. The minimum atomic E-state index is -0.766. The van der Waals surface area contributed by atoms with E-state index < -0.39 is 28.3 Å². The first-order valence-corrected chi connectivity index (χ1v) is 10.5. The molecule has 0 spiro atoms. The summed E-state index contributed by atoms with van der Waals surface area (Å²) in [7, 11) is 0. The number of benzene rings is 1. The first-order chi connectivity index (χ1) is 14.6. The molecular weight excluding hydrogens is 424 g/mol. The summed E-state index contributed by atoms with van der Waals surface area (Å²) in [5, 5.41) is 11.3. The van der Waals surface area contributed by atoms with E-state index in [4.69, 9.17) is 9.47 Å². The van der Waals surface area contributed by atoms with E-state index in [9.17, 15) is 24.5 Å². The van der Waals surface area contributed by atoms with Crippen molar-refractivity contribution in [2.45, 2.75) is 45.9 Å². The molecule has 4 rings (SSSR count). The first-order valence-electron chi connectivity index (χ1n) is 9.66. The molecule has 0 saturated carbocycles. The summed E-state index contributed by atoms with van der Waals surface area (Å²) < 4.78 is 11.0. The van der Waals surface area contributed by atoms with Crippen molar-refractivity contribution in [1.82, 2.24) is 4.90 Å². The molecule has 0 saturated heterocycles. The van der Waals surface area contributed by atoms with E-state index in [1.165, 1.54) is 12.1 Å². The van der Waals surface area contributed by atoms with Gasteiger partial charge in [-0.15, -0.1) is 11.3 Å². The molecule has 0 N–H and O–H groups in total. The standard InChI is InChI=1S/C21H20N2O7S/c1-21(2,3)30-20(26)16-12-7-8-29-10-14(12)31-17(16)19(25)22-9-11-5-4-6-13(23(27)28)15(11)18(22)24/h4-6H,7-10H2,1-3H3. The summed E-state index contributed by atoms with van der Waals surface area (Å²) in [6.07, 6.45) is 0.452. The van der Waals surface area contributed by atoms with Crippen molar-refractivity contribution in [2.75, 3.05) is 6.61 Å². The molecule has 1 aromatic heterocycles. The summed E-state index contributed by atoms with van der Waals surface area (Å²) in [4.78, 5) is 51.8. The van der Waals surface area contributed by atoms with Gasteiger partial charge in [-0.1, -0.05) is 12.1 Å². The Kier molecular flexibility index (Phi) is 5.14. The number of thiophene rings is 1. The summed E-state index contributed by atoms with van der Waals surface area (Å²) in [6, 6.07) is 4.29. The average Bonchev–Trinajstić information content (AvgIpc) is 3.24. The van der Waals surface area contributed by atoms with Crippen molar-refractivity contribution in [1.29, 1.82) is 0 Å². The fourth-order valence-electron chi connectivity index (χ4n) is 3.71. The molecule has 2 amide bonds. The molecule has 10 heteroatoms. The summed E-state index contributed by atoms with van der Waals surface area (Å²) in [5.74, 6) is -2.05. The SMILES string of the molecule is CC(C)(C)OC(=O)c1c(C(=O)N2Cc3cccc([N+](=O)[O-])c3C2=O)sc2c1CCOC2. The van der Waals surface area contributed by atoms with E-state index in [1.807, 2.05) is 0 Å². The number of imide groups is 1. The van der Waals surface area contributed by atoms with Gasteiger partial charge in [0.1, 0.15) is 16.0 Å². The number of nitro groups is 1. The highest BCUT2D eigenvalue weighted by atomic mass is 32.1. The highest BCUT2D eigenvalue weighted by molar-refractivity contribution is 7.14. The zero-order valence-corrected chi connectivity index (χ0v) is 18.0. The minimum absolute atomic E-state index is 0.0913. The number of esters is 1. The van der Waals surface area contributed by atoms with Gasteiger partial charge in [0.25, 0.3) is 17.5 Å². The van der Waals surface area contributed by atoms with Gasteiger partial charge in [-0.3, -0.25) is 24.6 Å². The van der Waals surface area contributed by atoms with Crippen LogP contribution in [0.15, 0.2) is 18.2 Å². The summed E-state index contributed by atoms with van der Waals surface area (Å²) in [5.41, 5.74) is 0.0485. The van der Waals surface area contributed by atoms with E-state index in [0.717, 1.165) is 21.1 Å². The van der Waals surface area contributed by atoms with Crippen LogP contribution < -0.4 is 0 Å². The van der Waals surface area contributed by atoms with Gasteiger partial charge in [-0.2, -0.15) is 0 Å². The number of fused-ring (bicyclic) bond motifs is 2. The second-order valence-corrected chi connectivity index (χ2v) is 9.38. The number of nitro benzene ring substituents is 1. The Morgan fingerprint density at radius 3 is 2.71 bits per heavy atom. The van der Waals surface area contributed by atoms with Crippen LogP contribution in [0, 0.1) is 10.1 Å². The van der Waals surface area contributed by atoms with Crippen LogP contribution in [0.4, 0.5) is 5.69 Å². The van der Waals surface area contributed by atoms with Gasteiger partial charge < -0.3 is 9.47 Å². The van der Waals surface area contributed by atoms with E-state index in [-0.39, 0.29) is 34.8 Å². The Morgan fingerprint density at radius 2 is 2.03 bits per heavy atom. The summed E-state index contributed by atoms with van der Waals surface area (Å²) >= 11 is 1.10. The Balaban J connectivity index is 1.75.